The topological polar surface area (TPSA) is 86.4 Å². The summed E-state index contributed by atoms with van der Waals surface area (Å²) in [4.78, 5) is 15.8. The number of anilines is 3. The lowest BCUT2D eigenvalue weighted by Crippen LogP contribution is -3.00. The highest BCUT2D eigenvalue weighted by Crippen LogP contribution is 2.37. The fraction of sp³-hybridized carbons (Fsp3) is 0.0526. The number of hydrogen-bond acceptors (Lipinski definition) is 6. The van der Waals surface area contributed by atoms with E-state index in [4.69, 9.17) is 26.6 Å². The van der Waals surface area contributed by atoms with Gasteiger partial charge >= 0.3 is 0 Å². The maximum atomic E-state index is 7.26. The van der Waals surface area contributed by atoms with Gasteiger partial charge in [0, 0.05) is 122 Å². The molecular formula is C57H43Cl3N9+. The number of halogens is 3. The van der Waals surface area contributed by atoms with Crippen LogP contribution in [0.1, 0.15) is 0 Å². The quantitative estimate of drug-likeness (QED) is 0.133. The van der Waals surface area contributed by atoms with Gasteiger partial charge in [-0.1, -0.05) is 66.2 Å². The van der Waals surface area contributed by atoms with E-state index < -0.39 is 0 Å². The van der Waals surface area contributed by atoms with Gasteiger partial charge in [-0.25, -0.2) is 15.0 Å². The molecule has 0 aliphatic rings. The Morgan fingerprint density at radius 1 is 0.348 bits per heavy atom. The summed E-state index contributed by atoms with van der Waals surface area (Å²) in [5.74, 6) is 0. The first-order valence-electron chi connectivity index (χ1n) is 22.3. The highest BCUT2D eigenvalue weighted by atomic mass is 35.5. The molecule has 0 amide bonds. The van der Waals surface area contributed by atoms with Crippen molar-refractivity contribution < 1.29 is 38.5 Å². The largest absolute Gasteiger partial charge is 1.00 e. The smallest absolute Gasteiger partial charge is 0.239 e. The summed E-state index contributed by atoms with van der Waals surface area (Å²) in [5.41, 5.74) is 21.0. The number of benzene rings is 9. The molecule has 0 fully saturated rings. The van der Waals surface area contributed by atoms with Crippen molar-refractivity contribution in [1.82, 2.24) is 15.0 Å². The van der Waals surface area contributed by atoms with Crippen LogP contribution in [0.15, 0.2) is 188 Å². The molecule has 0 saturated carbocycles. The van der Waals surface area contributed by atoms with Crippen molar-refractivity contribution in [3.8, 4) is 39.3 Å². The molecule has 12 heteroatoms. The molecule has 0 aliphatic heterocycles. The second-order valence-electron chi connectivity index (χ2n) is 16.6. The van der Waals surface area contributed by atoms with Crippen molar-refractivity contribution in [1.29, 1.82) is 0 Å². The number of nitrogens with one attached hydrogen (secondary N) is 3. The van der Waals surface area contributed by atoms with Crippen LogP contribution in [0.2, 0.25) is 5.02 Å². The summed E-state index contributed by atoms with van der Waals surface area (Å²) in [6.07, 6.45) is 0. The van der Waals surface area contributed by atoms with Crippen LogP contribution in [-0.4, -0.2) is 36.1 Å². The Balaban J connectivity index is 0.00000277. The van der Waals surface area contributed by atoms with E-state index in [-0.39, 0.29) is 24.8 Å². The predicted octanol–water partition coefficient (Wildman–Crippen LogP) is 5.74. The molecule has 0 atom stereocenters. The van der Waals surface area contributed by atoms with Crippen molar-refractivity contribution in [3.05, 3.63) is 193 Å². The van der Waals surface area contributed by atoms with Crippen molar-refractivity contribution in [2.75, 3.05) is 37.1 Å². The molecule has 12 aromatic rings. The van der Waals surface area contributed by atoms with Crippen LogP contribution >= 0.6 is 11.6 Å². The molecule has 336 valence electrons. The summed E-state index contributed by atoms with van der Waals surface area (Å²) in [7, 11) is 5.85. The maximum Gasteiger partial charge on any atom is 0.239 e. The van der Waals surface area contributed by atoms with E-state index in [1.165, 1.54) is 0 Å². The first-order chi connectivity index (χ1) is 33.0. The zero-order chi connectivity index (χ0) is 45.2. The Morgan fingerprint density at radius 2 is 0.754 bits per heavy atom. The van der Waals surface area contributed by atoms with Gasteiger partial charge < -0.3 is 40.8 Å². The van der Waals surface area contributed by atoms with E-state index in [0.717, 1.165) is 123 Å². The number of fused-ring (bicyclic) bond motifs is 6. The standard InChI is InChI=1S/C57H40ClN9.2ClH/c1-59-37-21-23-45-54(29-37)65(39-13-7-4-8-14-39)52-26-20-36(28-48(52)62-45)43-31-50-57(34-47(43)61-3)66(40-15-9-5-10-16-40)53-25-19-35(27-49(53)64-50)42-32-56-51(33-44(42)58)63-46-24-22-38(60-2)30-55(46)67(56)41-17-11-6-12-18-41;;/h4-34H,1-3H3;2*1H/p+1. The Hall–Kier alpha value is -7.95. The number of aromatic nitrogens is 6. The molecule has 0 spiro atoms. The van der Waals surface area contributed by atoms with Crippen LogP contribution < -0.4 is 54.5 Å². The first-order valence-corrected chi connectivity index (χ1v) is 22.7. The Bertz CT molecular complexity index is 3950. The highest BCUT2D eigenvalue weighted by Gasteiger charge is 2.26. The van der Waals surface area contributed by atoms with Crippen molar-refractivity contribution in [2.24, 2.45) is 0 Å². The zero-order valence-corrected chi connectivity index (χ0v) is 40.0. The Morgan fingerprint density at radius 3 is 1.23 bits per heavy atom. The van der Waals surface area contributed by atoms with Crippen LogP contribution in [-0.2, 0) is 0 Å². The summed E-state index contributed by atoms with van der Waals surface area (Å²) < 4.78 is 6.85. The fourth-order valence-electron chi connectivity index (χ4n) is 9.52. The lowest BCUT2D eigenvalue weighted by Gasteiger charge is -2.13. The van der Waals surface area contributed by atoms with E-state index in [9.17, 15) is 0 Å². The van der Waals surface area contributed by atoms with Gasteiger partial charge in [0.15, 0.2) is 0 Å². The molecule has 0 bridgehead atoms. The third-order valence-electron chi connectivity index (χ3n) is 12.8. The minimum absolute atomic E-state index is 0. The number of hydrogen-bond donors (Lipinski definition) is 3. The molecule has 0 aliphatic carbocycles. The third-order valence-corrected chi connectivity index (χ3v) is 13.1. The molecule has 3 heterocycles. The third kappa shape index (κ3) is 7.71. The van der Waals surface area contributed by atoms with Crippen LogP contribution in [0.25, 0.3) is 106 Å². The molecular weight excluding hydrogens is 917 g/mol. The average Bonchev–Trinajstić information content (AvgIpc) is 3.38. The average molecular weight is 960 g/mol. The summed E-state index contributed by atoms with van der Waals surface area (Å²) in [5, 5.41) is 10.7. The van der Waals surface area contributed by atoms with Gasteiger partial charge in [0.1, 0.15) is 33.1 Å². The number of nitrogens with zero attached hydrogens (tertiary/aromatic N) is 6. The zero-order valence-electron chi connectivity index (χ0n) is 37.7. The van der Waals surface area contributed by atoms with Crippen molar-refractivity contribution in [2.45, 2.75) is 0 Å². The maximum absolute atomic E-state index is 7.26. The van der Waals surface area contributed by atoms with Gasteiger partial charge in [0.2, 0.25) is 50.2 Å². The highest BCUT2D eigenvalue weighted by molar-refractivity contribution is 6.34. The second kappa shape index (κ2) is 18.3. The van der Waals surface area contributed by atoms with E-state index >= 15 is 0 Å². The lowest BCUT2D eigenvalue weighted by atomic mass is 10.00. The molecule has 9 nitrogen and oxygen atoms in total. The van der Waals surface area contributed by atoms with Crippen LogP contribution in [0.5, 0.6) is 0 Å². The van der Waals surface area contributed by atoms with Gasteiger partial charge in [-0.05, 0) is 71.8 Å². The molecule has 9 aromatic carbocycles. The first kappa shape index (κ1) is 44.9. The monoisotopic (exact) mass is 958 g/mol. The van der Waals surface area contributed by atoms with Gasteiger partial charge in [-0.2, -0.15) is 0 Å². The molecule has 3 N–H and O–H groups in total. The number of para-hydroxylation sites is 3. The molecule has 3 aromatic heterocycles. The van der Waals surface area contributed by atoms with E-state index in [1.54, 1.807) is 0 Å². The molecule has 0 radical (unpaired) electrons. The lowest BCUT2D eigenvalue weighted by molar-refractivity contribution is -0.538. The minimum Gasteiger partial charge on any atom is -1.00 e. The SMILES string of the molecule is CNc1ccc2nc3cc(-c4cc5nc6cc(-c7cc8c(cc7Cl)nc7ccc(NC)cc7[n+]8-c7ccccc7)ccc6[n+](-c6ccccc6)c5cc4NC)ccc3[n+](-c3ccccc3)c2c1.[Cl-].[Cl-]. The van der Waals surface area contributed by atoms with E-state index in [0.29, 0.717) is 5.02 Å². The van der Waals surface area contributed by atoms with Gasteiger partial charge in [0.25, 0.3) is 0 Å². The minimum atomic E-state index is 0. The van der Waals surface area contributed by atoms with E-state index in [2.05, 4.69) is 181 Å². The fourth-order valence-corrected chi connectivity index (χ4v) is 9.79. The molecule has 12 rings (SSSR count). The Labute approximate surface area is 415 Å². The number of rotatable bonds is 8. The van der Waals surface area contributed by atoms with Crippen molar-refractivity contribution >= 4 is 94.9 Å². The summed E-state index contributed by atoms with van der Waals surface area (Å²) >= 11 is 7.26. The van der Waals surface area contributed by atoms with Gasteiger partial charge in [-0.3, -0.25) is 0 Å². The predicted molar refractivity (Wildman–Crippen MR) is 274 cm³/mol. The molecule has 0 saturated heterocycles. The van der Waals surface area contributed by atoms with Gasteiger partial charge in [0.05, 0.1) is 5.02 Å². The normalized spacial score (nSPS) is 11.2. The van der Waals surface area contributed by atoms with Gasteiger partial charge in [-0.15, -0.1) is 13.7 Å². The van der Waals surface area contributed by atoms with E-state index in [1.807, 2.05) is 57.5 Å². The molecule has 69 heavy (non-hydrogen) atoms. The van der Waals surface area contributed by atoms with Crippen LogP contribution in [0.4, 0.5) is 17.1 Å². The van der Waals surface area contributed by atoms with Crippen molar-refractivity contribution in [3.63, 3.8) is 0 Å². The summed E-state index contributed by atoms with van der Waals surface area (Å²) in [6, 6.07) is 65.4. The van der Waals surface area contributed by atoms with Crippen LogP contribution in [0, 0.1) is 0 Å². The van der Waals surface area contributed by atoms with Crippen LogP contribution in [0.3, 0.4) is 0 Å². The second-order valence-corrected chi connectivity index (χ2v) is 17.0. The molecule has 0 unspecified atom stereocenters. The summed E-state index contributed by atoms with van der Waals surface area (Å²) in [6.45, 7) is 0. The Kier molecular flexibility index (Phi) is 11.9.